The molecule has 2 N–H and O–H groups in total. The number of amides is 3. The summed E-state index contributed by atoms with van der Waals surface area (Å²) in [6.07, 6.45) is 7.24. The molecule has 3 fully saturated rings. The molecule has 2 saturated carbocycles. The molecule has 0 bridgehead atoms. The summed E-state index contributed by atoms with van der Waals surface area (Å²) in [6.45, 7) is 8.66. The van der Waals surface area contributed by atoms with Gasteiger partial charge in [0.25, 0.3) is 17.4 Å². The molecule has 18 heteroatoms. The quantitative estimate of drug-likeness (QED) is 0.0704. The summed E-state index contributed by atoms with van der Waals surface area (Å²) >= 11 is 0. The molecule has 1 atom stereocenters. The van der Waals surface area contributed by atoms with Crippen LogP contribution < -0.4 is 21.1 Å². The Bertz CT molecular complexity index is 2510. The lowest BCUT2D eigenvalue weighted by Crippen LogP contribution is -2.47. The third-order valence-electron chi connectivity index (χ3n) is 12.3. The number of Topliss-reactive ketones (excluding diaryl/α,β-unsaturated/α-hetero) is 3. The summed E-state index contributed by atoms with van der Waals surface area (Å²) in [6, 6.07) is 7.49. The number of carbonyl (C=O) groups is 6. The molecule has 3 aromatic heterocycles. The van der Waals surface area contributed by atoms with E-state index in [1.165, 1.54) is 19.1 Å². The number of anilines is 4. The van der Waals surface area contributed by atoms with E-state index >= 15 is 0 Å². The predicted molar refractivity (Wildman–Crippen MR) is 232 cm³/mol. The van der Waals surface area contributed by atoms with Crippen LogP contribution in [0.15, 0.2) is 47.5 Å². The van der Waals surface area contributed by atoms with Crippen LogP contribution in [0.5, 0.6) is 0 Å². The Hall–Kier alpha value is -6.24. The fraction of sp³-hybridized carbons (Fsp3) is 0.467. The van der Waals surface area contributed by atoms with E-state index in [1.54, 1.807) is 23.8 Å². The molecule has 1 saturated heterocycles. The number of ether oxygens (including phenoxy) is 2. The molecule has 2 aliphatic heterocycles. The van der Waals surface area contributed by atoms with Crippen molar-refractivity contribution in [2.24, 2.45) is 0 Å². The molecule has 330 valence electrons. The number of nitrogens with zero attached hydrogens (tertiary/aromatic N) is 7. The zero-order valence-electron chi connectivity index (χ0n) is 35.5. The Kier molecular flexibility index (Phi) is 13.1. The van der Waals surface area contributed by atoms with E-state index in [1.807, 2.05) is 18.3 Å². The number of pyridine rings is 2. The Morgan fingerprint density at radius 2 is 1.62 bits per heavy atom. The summed E-state index contributed by atoms with van der Waals surface area (Å²) < 4.78 is 13.1. The summed E-state index contributed by atoms with van der Waals surface area (Å²) in [5, 5.41) is 6.58. The third kappa shape index (κ3) is 9.28. The van der Waals surface area contributed by atoms with Gasteiger partial charge in [-0.3, -0.25) is 47.9 Å². The number of rotatable bonds is 16. The topological polar surface area (TPSA) is 215 Å². The number of aryl methyl sites for hydroxylation is 1. The number of benzene rings is 1. The number of imide groups is 1. The second kappa shape index (κ2) is 19.0. The van der Waals surface area contributed by atoms with E-state index in [9.17, 15) is 33.6 Å². The minimum absolute atomic E-state index is 0.00461. The van der Waals surface area contributed by atoms with Gasteiger partial charge in [-0.05, 0) is 62.9 Å². The minimum Gasteiger partial charge on any atom is -0.379 e. The molecular weight excluding hydrogens is 811 g/mol. The number of carbonyl (C=O) groups excluding carboxylic acids is 6. The molecule has 0 radical (unpaired) electrons. The van der Waals surface area contributed by atoms with Crippen LogP contribution in [-0.2, 0) is 23.9 Å². The van der Waals surface area contributed by atoms with Crippen LogP contribution in [0.4, 0.5) is 23.1 Å². The average Bonchev–Trinajstić information content (AvgIpc) is 3.88. The number of hydrogen-bond acceptors (Lipinski definition) is 15. The van der Waals surface area contributed by atoms with E-state index < -0.39 is 29.5 Å². The highest BCUT2D eigenvalue weighted by Gasteiger charge is 2.45. The van der Waals surface area contributed by atoms with Gasteiger partial charge in [0.15, 0.2) is 11.6 Å². The molecule has 5 heterocycles. The Morgan fingerprint density at radius 1 is 0.857 bits per heavy atom. The molecular formula is C45H51N9O9. The predicted octanol–water partition coefficient (Wildman–Crippen LogP) is 4.03. The summed E-state index contributed by atoms with van der Waals surface area (Å²) in [5.41, 5.74) is 2.38. The van der Waals surface area contributed by atoms with Crippen LogP contribution >= 0.6 is 0 Å². The molecule has 1 unspecified atom stereocenters. The largest absolute Gasteiger partial charge is 0.379 e. The van der Waals surface area contributed by atoms with Gasteiger partial charge in [-0.25, -0.2) is 9.97 Å². The SMILES string of the molecule is CC(=O)c1c(C)c2cnc(Nc3ccc(N4CCN(CCOCCOCCC(=O)Nc5cccc6c5C(=O)N(C5CCC(=O)CC5=O)C6=O)CC4)cn3)nc2n(C2CCCC2)c1=O. The van der Waals surface area contributed by atoms with Gasteiger partial charge < -0.3 is 25.0 Å². The lowest BCUT2D eigenvalue weighted by atomic mass is 9.92. The van der Waals surface area contributed by atoms with Gasteiger partial charge in [-0.2, -0.15) is 4.98 Å². The van der Waals surface area contributed by atoms with Gasteiger partial charge >= 0.3 is 0 Å². The van der Waals surface area contributed by atoms with Crippen molar-refractivity contribution < 1.29 is 38.2 Å². The lowest BCUT2D eigenvalue weighted by molar-refractivity contribution is -0.132. The maximum Gasteiger partial charge on any atom is 0.264 e. The van der Waals surface area contributed by atoms with E-state index in [0.717, 1.165) is 69.0 Å². The number of piperazine rings is 1. The number of aromatic nitrogens is 4. The van der Waals surface area contributed by atoms with E-state index in [2.05, 4.69) is 30.4 Å². The maximum absolute atomic E-state index is 13.6. The molecule has 0 spiro atoms. The Labute approximate surface area is 363 Å². The standard InChI is InChI=1S/C45H51N9O9/c1-27-33-26-47-45(50-41(33)53(29-6-3-4-7-29)43(60)39(27)28(2)55)49-37-13-10-30(25-46-37)52-17-15-51(16-18-52)19-21-63-23-22-62-20-14-38(58)48-34-9-5-8-32-40(34)44(61)54(42(32)59)35-12-11-31(56)24-36(35)57/h5,8-10,13,25-26,29,35H,3-4,6-7,11-12,14-24H2,1-2H3,(H,48,58)(H,46,47,49,50). The van der Waals surface area contributed by atoms with Crippen molar-refractivity contribution in [3.05, 3.63) is 75.3 Å². The van der Waals surface area contributed by atoms with Crippen LogP contribution in [0.1, 0.15) is 101 Å². The van der Waals surface area contributed by atoms with Crippen molar-refractivity contribution in [3.63, 3.8) is 0 Å². The number of ketones is 3. The molecule has 63 heavy (non-hydrogen) atoms. The van der Waals surface area contributed by atoms with Gasteiger partial charge in [0, 0.05) is 56.8 Å². The van der Waals surface area contributed by atoms with Crippen molar-refractivity contribution in [2.75, 3.05) is 74.7 Å². The zero-order chi connectivity index (χ0) is 44.2. The first-order valence-electron chi connectivity index (χ1n) is 21.6. The summed E-state index contributed by atoms with van der Waals surface area (Å²) in [5.74, 6) is -1.67. The molecule has 8 rings (SSSR count). The second-order valence-corrected chi connectivity index (χ2v) is 16.4. The van der Waals surface area contributed by atoms with Crippen molar-refractivity contribution >= 4 is 69.2 Å². The number of fused-ring (bicyclic) bond motifs is 2. The average molecular weight is 862 g/mol. The molecule has 3 amide bonds. The number of hydrogen-bond donors (Lipinski definition) is 2. The second-order valence-electron chi connectivity index (χ2n) is 16.4. The first-order chi connectivity index (χ1) is 30.5. The van der Waals surface area contributed by atoms with Crippen LogP contribution in [0.3, 0.4) is 0 Å². The van der Waals surface area contributed by atoms with Crippen molar-refractivity contribution in [1.82, 2.24) is 29.3 Å². The smallest absolute Gasteiger partial charge is 0.264 e. The van der Waals surface area contributed by atoms with Gasteiger partial charge in [0.2, 0.25) is 11.9 Å². The van der Waals surface area contributed by atoms with Crippen LogP contribution in [0.25, 0.3) is 11.0 Å². The molecule has 1 aromatic carbocycles. The maximum atomic E-state index is 13.6. The third-order valence-corrected chi connectivity index (χ3v) is 12.3. The first kappa shape index (κ1) is 43.4. The van der Waals surface area contributed by atoms with Crippen LogP contribution in [0, 0.1) is 6.92 Å². The molecule has 18 nitrogen and oxygen atoms in total. The highest BCUT2D eigenvalue weighted by Crippen LogP contribution is 2.34. The fourth-order valence-electron chi connectivity index (χ4n) is 9.02. The monoisotopic (exact) mass is 861 g/mol. The van der Waals surface area contributed by atoms with Crippen LogP contribution in [-0.4, -0.2) is 130 Å². The summed E-state index contributed by atoms with van der Waals surface area (Å²) in [7, 11) is 0. The van der Waals surface area contributed by atoms with Gasteiger partial charge in [-0.15, -0.1) is 0 Å². The van der Waals surface area contributed by atoms with E-state index in [0.29, 0.717) is 48.2 Å². The van der Waals surface area contributed by atoms with Crippen molar-refractivity contribution in [1.29, 1.82) is 0 Å². The highest BCUT2D eigenvalue weighted by molar-refractivity contribution is 6.26. The van der Waals surface area contributed by atoms with Gasteiger partial charge in [0.1, 0.15) is 17.2 Å². The first-order valence-corrected chi connectivity index (χ1v) is 21.6. The molecule has 4 aliphatic rings. The number of nitrogens with one attached hydrogen (secondary N) is 2. The lowest BCUT2D eigenvalue weighted by Gasteiger charge is -2.35. The van der Waals surface area contributed by atoms with Crippen LogP contribution in [0.2, 0.25) is 0 Å². The zero-order valence-corrected chi connectivity index (χ0v) is 35.5. The normalized spacial score (nSPS) is 18.4. The molecule has 4 aromatic rings. The van der Waals surface area contributed by atoms with E-state index in [-0.39, 0.29) is 77.8 Å². The summed E-state index contributed by atoms with van der Waals surface area (Å²) in [4.78, 5) is 109. The highest BCUT2D eigenvalue weighted by atomic mass is 16.5. The van der Waals surface area contributed by atoms with Gasteiger partial charge in [0.05, 0.1) is 79.6 Å². The fourth-order valence-corrected chi connectivity index (χ4v) is 9.02. The van der Waals surface area contributed by atoms with Crippen molar-refractivity contribution in [3.8, 4) is 0 Å². The Balaban J connectivity index is 0.732. The Morgan fingerprint density at radius 3 is 2.33 bits per heavy atom. The van der Waals surface area contributed by atoms with Crippen molar-refractivity contribution in [2.45, 2.75) is 77.3 Å². The molecule has 2 aliphatic carbocycles. The minimum atomic E-state index is -0.986. The van der Waals surface area contributed by atoms with E-state index in [4.69, 9.17) is 14.5 Å². The van der Waals surface area contributed by atoms with Gasteiger partial charge in [-0.1, -0.05) is 18.9 Å².